The summed E-state index contributed by atoms with van der Waals surface area (Å²) < 4.78 is 1.38. The molecule has 132 valence electrons. The van der Waals surface area contributed by atoms with Crippen LogP contribution in [0.2, 0.25) is 5.02 Å². The Bertz CT molecular complexity index is 994. The second-order valence-corrected chi connectivity index (χ2v) is 6.84. The molecule has 1 unspecified atom stereocenters. The van der Waals surface area contributed by atoms with E-state index in [4.69, 9.17) is 11.6 Å². The molecule has 4 rings (SSSR count). The van der Waals surface area contributed by atoms with Crippen LogP contribution in [0.5, 0.6) is 0 Å². The molecule has 6 heteroatoms. The molecular formula is C20H18ClN3O2. The molecule has 3 aromatic rings. The molecular weight excluding hydrogens is 350 g/mol. The molecule has 2 aromatic carbocycles. The predicted octanol–water partition coefficient (Wildman–Crippen LogP) is 3.45. The van der Waals surface area contributed by atoms with Gasteiger partial charge in [0, 0.05) is 30.1 Å². The number of aromatic amines is 1. The van der Waals surface area contributed by atoms with Crippen molar-refractivity contribution >= 4 is 17.5 Å². The van der Waals surface area contributed by atoms with Gasteiger partial charge >= 0.3 is 0 Å². The molecule has 1 amide bonds. The Morgan fingerprint density at radius 2 is 1.81 bits per heavy atom. The third kappa shape index (κ3) is 3.06. The number of H-pyrrole nitrogens is 1. The van der Waals surface area contributed by atoms with Crippen molar-refractivity contribution in [1.82, 2.24) is 14.7 Å². The van der Waals surface area contributed by atoms with Gasteiger partial charge in [-0.1, -0.05) is 48.0 Å². The normalized spacial score (nSPS) is 16.8. The number of nitrogens with zero attached hydrogens (tertiary/aromatic N) is 2. The molecule has 26 heavy (non-hydrogen) atoms. The van der Waals surface area contributed by atoms with Crippen molar-refractivity contribution in [2.75, 3.05) is 13.1 Å². The quantitative estimate of drug-likeness (QED) is 0.770. The van der Waals surface area contributed by atoms with Gasteiger partial charge < -0.3 is 4.90 Å². The molecule has 2 heterocycles. The number of halogens is 1. The Kier molecular flexibility index (Phi) is 4.39. The third-order valence-electron chi connectivity index (χ3n) is 4.79. The molecule has 1 aromatic heterocycles. The number of amides is 1. The summed E-state index contributed by atoms with van der Waals surface area (Å²) in [6.07, 6.45) is 0.860. The topological polar surface area (TPSA) is 58.1 Å². The van der Waals surface area contributed by atoms with Crippen LogP contribution in [0.4, 0.5) is 0 Å². The zero-order valence-electron chi connectivity index (χ0n) is 14.1. The first-order valence-electron chi connectivity index (χ1n) is 8.54. The SMILES string of the molecule is O=C(c1cc(=O)n(-c2ccccc2)[nH]1)N1CCC(c2ccccc2Cl)C1. The highest BCUT2D eigenvalue weighted by Gasteiger charge is 2.30. The van der Waals surface area contributed by atoms with Gasteiger partial charge in [0.15, 0.2) is 0 Å². The van der Waals surface area contributed by atoms with Crippen molar-refractivity contribution in [2.45, 2.75) is 12.3 Å². The van der Waals surface area contributed by atoms with Crippen LogP contribution in [-0.4, -0.2) is 33.7 Å². The smallest absolute Gasteiger partial charge is 0.271 e. The van der Waals surface area contributed by atoms with Crippen LogP contribution in [0.1, 0.15) is 28.4 Å². The summed E-state index contributed by atoms with van der Waals surface area (Å²) in [5.41, 5.74) is 1.83. The Hall–Kier alpha value is -2.79. The van der Waals surface area contributed by atoms with Crippen LogP contribution in [-0.2, 0) is 0 Å². The van der Waals surface area contributed by atoms with Crippen LogP contribution in [0.15, 0.2) is 65.5 Å². The molecule has 0 spiro atoms. The summed E-state index contributed by atoms with van der Waals surface area (Å²) in [6, 6.07) is 18.3. The number of carbonyl (C=O) groups excluding carboxylic acids is 1. The van der Waals surface area contributed by atoms with E-state index in [1.807, 2.05) is 54.6 Å². The van der Waals surface area contributed by atoms with E-state index in [9.17, 15) is 9.59 Å². The molecule has 1 saturated heterocycles. The Labute approximate surface area is 155 Å². The Morgan fingerprint density at radius 3 is 2.58 bits per heavy atom. The van der Waals surface area contributed by atoms with Crippen LogP contribution in [0.3, 0.4) is 0 Å². The lowest BCUT2D eigenvalue weighted by molar-refractivity contribution is 0.0784. The van der Waals surface area contributed by atoms with Gasteiger partial charge in [-0.15, -0.1) is 0 Å². The van der Waals surface area contributed by atoms with Crippen molar-refractivity contribution in [3.8, 4) is 5.69 Å². The molecule has 1 fully saturated rings. The van der Waals surface area contributed by atoms with Crippen molar-refractivity contribution in [3.63, 3.8) is 0 Å². The van der Waals surface area contributed by atoms with E-state index < -0.39 is 0 Å². The highest BCUT2D eigenvalue weighted by atomic mass is 35.5. The predicted molar refractivity (Wildman–Crippen MR) is 101 cm³/mol. The summed E-state index contributed by atoms with van der Waals surface area (Å²) in [5, 5.41) is 3.66. The van der Waals surface area contributed by atoms with E-state index in [0.717, 1.165) is 17.0 Å². The van der Waals surface area contributed by atoms with Gasteiger partial charge in [0.05, 0.1) is 5.69 Å². The monoisotopic (exact) mass is 367 g/mol. The third-order valence-corrected chi connectivity index (χ3v) is 5.13. The van der Waals surface area contributed by atoms with E-state index in [2.05, 4.69) is 5.10 Å². The molecule has 0 saturated carbocycles. The number of benzene rings is 2. The molecule has 0 bridgehead atoms. The fourth-order valence-corrected chi connectivity index (χ4v) is 3.74. The summed E-state index contributed by atoms with van der Waals surface area (Å²) >= 11 is 6.29. The average molecular weight is 368 g/mol. The highest BCUT2D eigenvalue weighted by molar-refractivity contribution is 6.31. The number of likely N-dealkylation sites (tertiary alicyclic amines) is 1. The van der Waals surface area contributed by atoms with Gasteiger partial charge in [-0.25, -0.2) is 4.68 Å². The summed E-state index contributed by atoms with van der Waals surface area (Å²) in [6.45, 7) is 1.24. The van der Waals surface area contributed by atoms with E-state index in [0.29, 0.717) is 24.5 Å². The summed E-state index contributed by atoms with van der Waals surface area (Å²) in [7, 11) is 0. The van der Waals surface area contributed by atoms with Gasteiger partial charge in [0.1, 0.15) is 5.69 Å². The zero-order chi connectivity index (χ0) is 18.1. The molecule has 1 aliphatic heterocycles. The van der Waals surface area contributed by atoms with Gasteiger partial charge in [0.2, 0.25) is 0 Å². The summed E-state index contributed by atoms with van der Waals surface area (Å²) in [4.78, 5) is 26.8. The highest BCUT2D eigenvalue weighted by Crippen LogP contribution is 2.32. The number of hydrogen-bond acceptors (Lipinski definition) is 2. The van der Waals surface area contributed by atoms with E-state index in [1.54, 1.807) is 4.90 Å². The van der Waals surface area contributed by atoms with Crippen molar-refractivity contribution in [1.29, 1.82) is 0 Å². The fourth-order valence-electron chi connectivity index (χ4n) is 3.45. The lowest BCUT2D eigenvalue weighted by Gasteiger charge is -2.16. The van der Waals surface area contributed by atoms with Gasteiger partial charge in [-0.3, -0.25) is 14.7 Å². The van der Waals surface area contributed by atoms with Crippen LogP contribution in [0.25, 0.3) is 5.69 Å². The number of aromatic nitrogens is 2. The second-order valence-electron chi connectivity index (χ2n) is 6.44. The van der Waals surface area contributed by atoms with E-state index >= 15 is 0 Å². The van der Waals surface area contributed by atoms with Crippen LogP contribution < -0.4 is 5.56 Å². The van der Waals surface area contributed by atoms with Crippen LogP contribution in [0, 0.1) is 0 Å². The maximum Gasteiger partial charge on any atom is 0.271 e. The summed E-state index contributed by atoms with van der Waals surface area (Å²) in [5.74, 6) is 0.0573. The zero-order valence-corrected chi connectivity index (χ0v) is 14.8. The first-order chi connectivity index (χ1) is 12.6. The van der Waals surface area contributed by atoms with Gasteiger partial charge in [0.25, 0.3) is 11.5 Å². The van der Waals surface area contributed by atoms with E-state index in [-0.39, 0.29) is 17.4 Å². The van der Waals surface area contributed by atoms with Gasteiger partial charge in [-0.2, -0.15) is 0 Å². The lowest BCUT2D eigenvalue weighted by Crippen LogP contribution is -2.29. The van der Waals surface area contributed by atoms with Gasteiger partial charge in [-0.05, 0) is 30.2 Å². The number of para-hydroxylation sites is 1. The maximum atomic E-state index is 12.8. The molecule has 1 atom stereocenters. The number of rotatable bonds is 3. The average Bonchev–Trinajstić information content (AvgIpc) is 3.29. The molecule has 5 nitrogen and oxygen atoms in total. The minimum Gasteiger partial charge on any atom is -0.337 e. The lowest BCUT2D eigenvalue weighted by atomic mass is 9.98. The van der Waals surface area contributed by atoms with E-state index in [1.165, 1.54) is 10.7 Å². The maximum absolute atomic E-state index is 12.8. The second kappa shape index (κ2) is 6.84. The molecule has 0 aliphatic carbocycles. The largest absolute Gasteiger partial charge is 0.337 e. The minimum absolute atomic E-state index is 0.161. The molecule has 1 N–H and O–H groups in total. The standard InChI is InChI=1S/C20H18ClN3O2/c21-17-9-5-4-8-16(17)14-10-11-23(13-14)20(26)18-12-19(25)24(22-18)15-6-2-1-3-7-15/h1-9,12,14,22H,10-11,13H2. The number of carbonyl (C=O) groups is 1. The number of hydrogen-bond donors (Lipinski definition) is 1. The Morgan fingerprint density at radius 1 is 1.08 bits per heavy atom. The van der Waals surface area contributed by atoms with Crippen LogP contribution >= 0.6 is 11.6 Å². The molecule has 0 radical (unpaired) electrons. The minimum atomic E-state index is -0.249. The molecule has 1 aliphatic rings. The first-order valence-corrected chi connectivity index (χ1v) is 8.92. The van der Waals surface area contributed by atoms with Crippen molar-refractivity contribution < 1.29 is 4.79 Å². The van der Waals surface area contributed by atoms with Crippen molar-refractivity contribution in [3.05, 3.63) is 87.3 Å². The number of nitrogens with one attached hydrogen (secondary N) is 1. The fraction of sp³-hybridized carbons (Fsp3) is 0.200. The first kappa shape index (κ1) is 16.7. The Balaban J connectivity index is 1.54. The van der Waals surface area contributed by atoms with Crippen molar-refractivity contribution in [2.24, 2.45) is 0 Å².